The minimum Gasteiger partial charge on any atom is -0.481 e. The molecule has 4 atom stereocenters. The second-order valence-corrected chi connectivity index (χ2v) is 8.46. The molecule has 1 aromatic heterocycles. The van der Waals surface area contributed by atoms with Crippen molar-refractivity contribution in [1.82, 2.24) is 20.9 Å². The number of hydrogen-bond acceptors (Lipinski definition) is 7. The monoisotopic (exact) mass is 518 g/mol. The third-order valence-corrected chi connectivity index (χ3v) is 5.51. The number of carbonyl (C=O) groups excluding carboxylic acids is 4. The van der Waals surface area contributed by atoms with E-state index in [1.807, 2.05) is 12.1 Å². The molecule has 0 saturated heterocycles. The van der Waals surface area contributed by atoms with Gasteiger partial charge in [-0.1, -0.05) is 18.2 Å². The molecule has 0 fully saturated rings. The van der Waals surface area contributed by atoms with Crippen LogP contribution in [-0.4, -0.2) is 74.9 Å². The van der Waals surface area contributed by atoms with Gasteiger partial charge < -0.3 is 42.6 Å². The highest BCUT2D eigenvalue weighted by Gasteiger charge is 2.30. The zero-order chi connectivity index (χ0) is 27.7. The topological polar surface area (TPSA) is 247 Å². The molecule has 0 saturated carbocycles. The fourth-order valence-corrected chi connectivity index (χ4v) is 3.51. The van der Waals surface area contributed by atoms with E-state index in [0.717, 1.165) is 10.9 Å². The summed E-state index contributed by atoms with van der Waals surface area (Å²) in [5.74, 6) is -5.93. The Morgan fingerprint density at radius 3 is 2.22 bits per heavy atom. The van der Waals surface area contributed by atoms with Gasteiger partial charge in [-0.25, -0.2) is 4.79 Å². The van der Waals surface area contributed by atoms with E-state index in [2.05, 4.69) is 20.9 Å². The van der Waals surface area contributed by atoms with E-state index in [-0.39, 0.29) is 19.3 Å². The van der Waals surface area contributed by atoms with Gasteiger partial charge >= 0.3 is 11.9 Å². The Balaban J connectivity index is 2.21. The molecule has 4 amide bonds. The minimum absolute atomic E-state index is 0.0388. The number of para-hydroxylation sites is 1. The van der Waals surface area contributed by atoms with Crippen molar-refractivity contribution in [3.63, 3.8) is 0 Å². The number of carbonyl (C=O) groups is 6. The number of amides is 4. The molecule has 10 N–H and O–H groups in total. The van der Waals surface area contributed by atoms with Crippen LogP contribution < -0.4 is 27.4 Å². The first-order chi connectivity index (χ1) is 17.4. The zero-order valence-electron chi connectivity index (χ0n) is 20.0. The van der Waals surface area contributed by atoms with Crippen molar-refractivity contribution >= 4 is 46.5 Å². The Bertz CT molecular complexity index is 1180. The highest BCUT2D eigenvalue weighted by molar-refractivity contribution is 5.95. The fraction of sp³-hybridized carbons (Fsp3) is 0.391. The number of carboxylic acids is 2. The molecule has 0 aliphatic rings. The third kappa shape index (κ3) is 8.61. The molecule has 14 heteroatoms. The van der Waals surface area contributed by atoms with Gasteiger partial charge in [0.1, 0.15) is 18.1 Å². The molecule has 0 aliphatic heterocycles. The van der Waals surface area contributed by atoms with Gasteiger partial charge in [-0.2, -0.15) is 0 Å². The summed E-state index contributed by atoms with van der Waals surface area (Å²) in [7, 11) is 0. The first-order valence-corrected chi connectivity index (χ1v) is 11.3. The first-order valence-electron chi connectivity index (χ1n) is 11.3. The highest BCUT2D eigenvalue weighted by atomic mass is 16.4. The van der Waals surface area contributed by atoms with E-state index < -0.39 is 66.2 Å². The molecular formula is C23H30N6O8. The van der Waals surface area contributed by atoms with Crippen LogP contribution in [0.25, 0.3) is 10.9 Å². The van der Waals surface area contributed by atoms with Crippen LogP contribution in [0.5, 0.6) is 0 Å². The molecule has 0 aliphatic carbocycles. The van der Waals surface area contributed by atoms with Crippen LogP contribution in [0.2, 0.25) is 0 Å². The molecule has 37 heavy (non-hydrogen) atoms. The standard InChI is InChI=1S/C23H30N6O8/c1-11(27-21(34)14(24)9-19(31)32)20(33)29-17(8-12-10-26-15-5-3-2-4-13(12)15)22(35)28-16(23(36)37)6-7-18(25)30/h2-5,10-11,14,16-17,26H,6-9,24H2,1H3,(H2,25,30)(H,27,34)(H,28,35)(H,29,33)(H,31,32)(H,36,37). The average Bonchev–Trinajstić information content (AvgIpc) is 3.23. The molecule has 2 rings (SSSR count). The first kappa shape index (κ1) is 28.8. The van der Waals surface area contributed by atoms with Crippen molar-refractivity contribution in [2.75, 3.05) is 0 Å². The minimum atomic E-state index is -1.44. The molecule has 1 heterocycles. The normalized spacial score (nSPS) is 14.1. The Morgan fingerprint density at radius 2 is 1.59 bits per heavy atom. The summed E-state index contributed by atoms with van der Waals surface area (Å²) in [5, 5.41) is 26.1. The van der Waals surface area contributed by atoms with Gasteiger partial charge in [0.05, 0.1) is 12.5 Å². The number of nitrogens with one attached hydrogen (secondary N) is 4. The lowest BCUT2D eigenvalue weighted by Crippen LogP contribution is -2.57. The lowest BCUT2D eigenvalue weighted by Gasteiger charge is -2.23. The van der Waals surface area contributed by atoms with Gasteiger partial charge in [0.15, 0.2) is 0 Å². The number of rotatable bonds is 14. The van der Waals surface area contributed by atoms with Crippen LogP contribution in [0.1, 0.15) is 31.7 Å². The van der Waals surface area contributed by atoms with Crippen molar-refractivity contribution in [3.8, 4) is 0 Å². The number of nitrogens with two attached hydrogens (primary N) is 2. The molecule has 0 spiro atoms. The SMILES string of the molecule is CC(NC(=O)C(N)CC(=O)O)C(=O)NC(Cc1c[nH]c2ccccc12)C(=O)NC(CCC(N)=O)C(=O)O. The summed E-state index contributed by atoms with van der Waals surface area (Å²) in [6, 6.07) is 1.92. The van der Waals surface area contributed by atoms with Gasteiger partial charge in [0.2, 0.25) is 23.6 Å². The van der Waals surface area contributed by atoms with Crippen molar-refractivity contribution in [1.29, 1.82) is 0 Å². The fourth-order valence-electron chi connectivity index (χ4n) is 3.51. The van der Waals surface area contributed by atoms with E-state index in [9.17, 15) is 33.9 Å². The van der Waals surface area contributed by atoms with Crippen molar-refractivity contribution in [2.24, 2.45) is 11.5 Å². The van der Waals surface area contributed by atoms with E-state index in [1.165, 1.54) is 6.92 Å². The van der Waals surface area contributed by atoms with E-state index in [1.54, 1.807) is 18.3 Å². The quantitative estimate of drug-likeness (QED) is 0.142. The lowest BCUT2D eigenvalue weighted by molar-refractivity contribution is -0.142. The third-order valence-electron chi connectivity index (χ3n) is 5.51. The van der Waals surface area contributed by atoms with Crippen molar-refractivity contribution < 1.29 is 39.0 Å². The molecule has 2 aromatic rings. The molecule has 1 aromatic carbocycles. The average molecular weight is 519 g/mol. The maximum atomic E-state index is 13.1. The van der Waals surface area contributed by atoms with E-state index in [0.29, 0.717) is 5.56 Å². The van der Waals surface area contributed by atoms with Gasteiger partial charge in [0, 0.05) is 29.9 Å². The van der Waals surface area contributed by atoms with E-state index in [4.69, 9.17) is 16.6 Å². The molecule has 0 radical (unpaired) electrons. The van der Waals surface area contributed by atoms with Crippen LogP contribution in [0, 0.1) is 0 Å². The summed E-state index contributed by atoms with van der Waals surface area (Å²) in [6.45, 7) is 1.31. The molecule has 4 unspecified atom stereocenters. The van der Waals surface area contributed by atoms with Gasteiger partial charge in [-0.3, -0.25) is 24.0 Å². The summed E-state index contributed by atoms with van der Waals surface area (Å²) in [6.07, 6.45) is 0.431. The Morgan fingerprint density at radius 1 is 0.946 bits per heavy atom. The van der Waals surface area contributed by atoms with Crippen LogP contribution in [-0.2, 0) is 35.2 Å². The smallest absolute Gasteiger partial charge is 0.326 e. The van der Waals surface area contributed by atoms with Crippen molar-refractivity contribution in [2.45, 2.75) is 56.8 Å². The predicted molar refractivity (Wildman–Crippen MR) is 130 cm³/mol. The van der Waals surface area contributed by atoms with Crippen LogP contribution in [0.4, 0.5) is 0 Å². The number of carboxylic acid groups (broad SMARTS) is 2. The number of primary amides is 1. The lowest BCUT2D eigenvalue weighted by atomic mass is 10.0. The van der Waals surface area contributed by atoms with Crippen LogP contribution in [0.15, 0.2) is 30.5 Å². The molecule has 14 nitrogen and oxygen atoms in total. The van der Waals surface area contributed by atoms with Gasteiger partial charge in [-0.15, -0.1) is 0 Å². The Hall–Kier alpha value is -4.46. The second-order valence-electron chi connectivity index (χ2n) is 8.46. The molecule has 0 bridgehead atoms. The Kier molecular flexibility index (Phi) is 10.1. The molecular weight excluding hydrogens is 488 g/mol. The number of H-pyrrole nitrogens is 1. The number of aromatic amines is 1. The zero-order valence-corrected chi connectivity index (χ0v) is 20.0. The number of fused-ring (bicyclic) bond motifs is 1. The number of aliphatic carboxylic acids is 2. The van der Waals surface area contributed by atoms with Gasteiger partial charge in [0.25, 0.3) is 0 Å². The number of aromatic nitrogens is 1. The summed E-state index contributed by atoms with van der Waals surface area (Å²) in [5.41, 5.74) is 12.0. The maximum Gasteiger partial charge on any atom is 0.326 e. The largest absolute Gasteiger partial charge is 0.481 e. The summed E-state index contributed by atoms with van der Waals surface area (Å²) >= 11 is 0. The number of hydrogen-bond donors (Lipinski definition) is 8. The summed E-state index contributed by atoms with van der Waals surface area (Å²) in [4.78, 5) is 74.5. The second kappa shape index (κ2) is 13.0. The van der Waals surface area contributed by atoms with Gasteiger partial charge in [-0.05, 0) is 25.0 Å². The van der Waals surface area contributed by atoms with E-state index >= 15 is 0 Å². The van der Waals surface area contributed by atoms with Crippen LogP contribution in [0.3, 0.4) is 0 Å². The predicted octanol–water partition coefficient (Wildman–Crippen LogP) is -1.66. The van der Waals surface area contributed by atoms with Crippen molar-refractivity contribution in [3.05, 3.63) is 36.0 Å². The summed E-state index contributed by atoms with van der Waals surface area (Å²) < 4.78 is 0. The highest BCUT2D eigenvalue weighted by Crippen LogP contribution is 2.19. The number of benzene rings is 1. The maximum absolute atomic E-state index is 13.1. The molecule has 200 valence electrons. The van der Waals surface area contributed by atoms with Crippen LogP contribution >= 0.6 is 0 Å². The Labute approximate surface area is 211 Å².